The van der Waals surface area contributed by atoms with Crippen LogP contribution in [0, 0.1) is 0 Å². The molecule has 164 valence electrons. The number of aliphatic hydroxyl groups is 2. The molecule has 2 N–H and O–H groups in total. The molecule has 2 aromatic heterocycles. The predicted molar refractivity (Wildman–Crippen MR) is 120 cm³/mol. The maximum atomic E-state index is 13.6. The van der Waals surface area contributed by atoms with Crippen LogP contribution in [-0.4, -0.2) is 54.4 Å². The Labute approximate surface area is 181 Å². The molecule has 3 heterocycles. The Bertz CT molecular complexity index is 1150. The molecule has 5 rings (SSSR count). The first-order chi connectivity index (χ1) is 14.9. The molecular formula is C24H30N4O3. The van der Waals surface area contributed by atoms with Crippen LogP contribution in [-0.2, 0) is 6.54 Å². The van der Waals surface area contributed by atoms with E-state index in [0.29, 0.717) is 23.9 Å². The Kier molecular flexibility index (Phi) is 5.28. The Morgan fingerprint density at radius 1 is 1.10 bits per heavy atom. The first-order valence-corrected chi connectivity index (χ1v) is 11.3. The minimum absolute atomic E-state index is 0.00832. The van der Waals surface area contributed by atoms with E-state index in [1.165, 1.54) is 6.33 Å². The third-order valence-electron chi connectivity index (χ3n) is 7.11. The third kappa shape index (κ3) is 3.97. The van der Waals surface area contributed by atoms with E-state index in [4.69, 9.17) is 0 Å². The van der Waals surface area contributed by atoms with Crippen LogP contribution in [0.1, 0.15) is 57.1 Å². The summed E-state index contributed by atoms with van der Waals surface area (Å²) >= 11 is 0. The summed E-state index contributed by atoms with van der Waals surface area (Å²) in [4.78, 5) is 24.7. The lowest BCUT2D eigenvalue weighted by molar-refractivity contribution is -0.00729. The summed E-state index contributed by atoms with van der Waals surface area (Å²) in [5.41, 5.74) is 1.21. The van der Waals surface area contributed by atoms with Gasteiger partial charge in [-0.25, -0.2) is 9.97 Å². The summed E-state index contributed by atoms with van der Waals surface area (Å²) < 4.78 is 1.84. The van der Waals surface area contributed by atoms with E-state index in [-0.39, 0.29) is 17.7 Å². The maximum absolute atomic E-state index is 13.6. The SMILES string of the molecule is CC1(O)CCN(Cc2ccc3c(c2)c(=O)n([C@H]2CC[C@@H](O)CC2)c2ncncc32)CC1. The zero-order chi connectivity index (χ0) is 21.6. The molecule has 1 aromatic carbocycles. The molecule has 7 nitrogen and oxygen atoms in total. The van der Waals surface area contributed by atoms with Gasteiger partial charge in [-0.2, -0.15) is 0 Å². The van der Waals surface area contributed by atoms with E-state index < -0.39 is 5.60 Å². The van der Waals surface area contributed by atoms with Gasteiger partial charge in [-0.1, -0.05) is 12.1 Å². The quantitative estimate of drug-likeness (QED) is 0.631. The van der Waals surface area contributed by atoms with E-state index in [1.807, 2.05) is 23.6 Å². The Morgan fingerprint density at radius 3 is 2.58 bits per heavy atom. The average molecular weight is 423 g/mol. The summed E-state index contributed by atoms with van der Waals surface area (Å²) in [6.07, 6.45) is 7.53. The summed E-state index contributed by atoms with van der Waals surface area (Å²) in [5, 5.41) is 22.6. The van der Waals surface area contributed by atoms with Crippen molar-refractivity contribution in [2.75, 3.05) is 13.1 Å². The molecule has 2 fully saturated rings. The second-order valence-electron chi connectivity index (χ2n) is 9.55. The Hall–Kier alpha value is -2.35. The molecule has 1 saturated heterocycles. The molecule has 7 heteroatoms. The molecule has 1 aliphatic carbocycles. The lowest BCUT2D eigenvalue weighted by atomic mass is 9.92. The van der Waals surface area contributed by atoms with Crippen LogP contribution in [0.5, 0.6) is 0 Å². The van der Waals surface area contributed by atoms with Crippen LogP contribution >= 0.6 is 0 Å². The fraction of sp³-hybridized carbons (Fsp3) is 0.542. The number of hydrogen-bond donors (Lipinski definition) is 2. The number of pyridine rings is 1. The van der Waals surface area contributed by atoms with Crippen molar-refractivity contribution in [3.8, 4) is 0 Å². The Balaban J connectivity index is 1.55. The van der Waals surface area contributed by atoms with Gasteiger partial charge >= 0.3 is 0 Å². The number of aromatic nitrogens is 3. The van der Waals surface area contributed by atoms with E-state index in [0.717, 1.165) is 61.7 Å². The highest BCUT2D eigenvalue weighted by Gasteiger charge is 2.28. The Morgan fingerprint density at radius 2 is 1.84 bits per heavy atom. The smallest absolute Gasteiger partial charge is 0.260 e. The molecule has 2 aliphatic rings. The highest BCUT2D eigenvalue weighted by atomic mass is 16.3. The molecule has 1 aliphatic heterocycles. The highest BCUT2D eigenvalue weighted by Crippen LogP contribution is 2.32. The standard InChI is InChI=1S/C24H30N4O3/c1-24(31)8-10-27(11-9-24)14-16-2-7-19-20(12-16)23(30)28(17-3-5-18(29)6-4-17)22-21(19)13-25-15-26-22/h2,7,12-13,15,17-18,29,31H,3-6,8-11,14H2,1H3/t17-,18+. The van der Waals surface area contributed by atoms with Crippen LogP contribution in [0.4, 0.5) is 0 Å². The number of piperidine rings is 1. The molecule has 0 atom stereocenters. The van der Waals surface area contributed by atoms with Gasteiger partial charge in [0.05, 0.1) is 11.7 Å². The summed E-state index contributed by atoms with van der Waals surface area (Å²) in [7, 11) is 0. The average Bonchev–Trinajstić information content (AvgIpc) is 2.77. The van der Waals surface area contributed by atoms with E-state index in [9.17, 15) is 15.0 Å². The number of fused-ring (bicyclic) bond motifs is 3. The fourth-order valence-corrected chi connectivity index (χ4v) is 5.14. The molecule has 0 radical (unpaired) electrons. The zero-order valence-corrected chi connectivity index (χ0v) is 18.0. The number of benzene rings is 1. The zero-order valence-electron chi connectivity index (χ0n) is 18.0. The van der Waals surface area contributed by atoms with Gasteiger partial charge in [-0.15, -0.1) is 0 Å². The number of nitrogens with zero attached hydrogens (tertiary/aromatic N) is 4. The van der Waals surface area contributed by atoms with E-state index >= 15 is 0 Å². The van der Waals surface area contributed by atoms with Gasteiger partial charge in [0.1, 0.15) is 12.0 Å². The fourth-order valence-electron chi connectivity index (χ4n) is 5.14. The van der Waals surface area contributed by atoms with Crippen molar-refractivity contribution in [1.82, 2.24) is 19.4 Å². The van der Waals surface area contributed by atoms with Gasteiger partial charge < -0.3 is 10.2 Å². The van der Waals surface area contributed by atoms with Crippen molar-refractivity contribution in [3.63, 3.8) is 0 Å². The lowest BCUT2D eigenvalue weighted by Crippen LogP contribution is -2.41. The van der Waals surface area contributed by atoms with Gasteiger partial charge in [0.25, 0.3) is 5.56 Å². The van der Waals surface area contributed by atoms with Gasteiger partial charge in [-0.3, -0.25) is 14.3 Å². The first kappa shape index (κ1) is 20.5. The van der Waals surface area contributed by atoms with Crippen molar-refractivity contribution in [2.24, 2.45) is 0 Å². The van der Waals surface area contributed by atoms with Crippen LogP contribution in [0.3, 0.4) is 0 Å². The second-order valence-corrected chi connectivity index (χ2v) is 9.55. The van der Waals surface area contributed by atoms with Crippen LogP contribution in [0.15, 0.2) is 35.5 Å². The van der Waals surface area contributed by atoms with Crippen molar-refractivity contribution < 1.29 is 10.2 Å². The molecule has 31 heavy (non-hydrogen) atoms. The molecule has 0 bridgehead atoms. The lowest BCUT2D eigenvalue weighted by Gasteiger charge is -2.35. The van der Waals surface area contributed by atoms with Crippen molar-refractivity contribution in [1.29, 1.82) is 0 Å². The number of rotatable bonds is 3. The van der Waals surface area contributed by atoms with Gasteiger partial charge in [0, 0.05) is 42.6 Å². The summed E-state index contributed by atoms with van der Waals surface area (Å²) in [6, 6.07) is 6.17. The predicted octanol–water partition coefficient (Wildman–Crippen LogP) is 2.77. The van der Waals surface area contributed by atoms with Crippen LogP contribution < -0.4 is 5.56 Å². The monoisotopic (exact) mass is 422 g/mol. The number of likely N-dealkylation sites (tertiary alicyclic amines) is 1. The normalized spacial score (nSPS) is 24.6. The number of aliphatic hydroxyl groups excluding tert-OH is 1. The van der Waals surface area contributed by atoms with Crippen LogP contribution in [0.25, 0.3) is 21.8 Å². The molecule has 0 unspecified atom stereocenters. The molecule has 0 spiro atoms. The van der Waals surface area contributed by atoms with Gasteiger partial charge in [0.15, 0.2) is 0 Å². The largest absolute Gasteiger partial charge is 0.393 e. The second kappa shape index (κ2) is 7.97. The third-order valence-corrected chi connectivity index (χ3v) is 7.11. The van der Waals surface area contributed by atoms with E-state index in [2.05, 4.69) is 20.9 Å². The minimum Gasteiger partial charge on any atom is -0.393 e. The van der Waals surface area contributed by atoms with Crippen molar-refractivity contribution in [3.05, 3.63) is 46.6 Å². The summed E-state index contributed by atoms with van der Waals surface area (Å²) in [5.74, 6) is 0. The number of hydrogen-bond acceptors (Lipinski definition) is 6. The molecule has 3 aromatic rings. The van der Waals surface area contributed by atoms with Crippen LogP contribution in [0.2, 0.25) is 0 Å². The van der Waals surface area contributed by atoms with E-state index in [1.54, 1.807) is 6.20 Å². The minimum atomic E-state index is -0.569. The first-order valence-electron chi connectivity index (χ1n) is 11.3. The van der Waals surface area contributed by atoms with Crippen molar-refractivity contribution in [2.45, 2.75) is 69.7 Å². The maximum Gasteiger partial charge on any atom is 0.260 e. The van der Waals surface area contributed by atoms with Gasteiger partial charge in [-0.05, 0) is 62.5 Å². The molecular weight excluding hydrogens is 392 g/mol. The van der Waals surface area contributed by atoms with Crippen molar-refractivity contribution >= 4 is 21.8 Å². The topological polar surface area (TPSA) is 91.5 Å². The summed E-state index contributed by atoms with van der Waals surface area (Å²) in [6.45, 7) is 4.38. The highest BCUT2D eigenvalue weighted by molar-refractivity contribution is 6.04. The molecule has 0 amide bonds. The van der Waals surface area contributed by atoms with Gasteiger partial charge in [0.2, 0.25) is 0 Å². The molecule has 1 saturated carbocycles.